The number of halogens is 4. The molecule has 0 aliphatic rings. The number of hydrogen-bond donors (Lipinski definition) is 2. The van der Waals surface area contributed by atoms with Gasteiger partial charge in [-0.3, -0.25) is 0 Å². The molecule has 178 valence electrons. The van der Waals surface area contributed by atoms with Gasteiger partial charge in [0.2, 0.25) is 0 Å². The summed E-state index contributed by atoms with van der Waals surface area (Å²) < 4.78 is 43.8. The minimum Gasteiger partial charge on any atom is -0.325 e. The fourth-order valence-corrected chi connectivity index (χ4v) is 4.00. The van der Waals surface area contributed by atoms with Crippen LogP contribution in [0.25, 0.3) is 11.4 Å². The molecule has 0 saturated heterocycles. The summed E-state index contributed by atoms with van der Waals surface area (Å²) in [6.45, 7) is 6.39. The molecule has 0 aliphatic heterocycles. The SMILES string of the molecule is CC(C)(C)[C@@H](NCC[C@H](N)CF)c1nc(-c2cc(F)ccc2F)nn1Cc1cccc(Br)c1. The van der Waals surface area contributed by atoms with Crippen molar-refractivity contribution in [1.82, 2.24) is 20.1 Å². The van der Waals surface area contributed by atoms with Gasteiger partial charge in [0, 0.05) is 10.5 Å². The van der Waals surface area contributed by atoms with Crippen molar-refractivity contribution in [2.45, 2.75) is 45.8 Å². The van der Waals surface area contributed by atoms with Crippen molar-refractivity contribution in [3.05, 3.63) is 70.0 Å². The lowest BCUT2D eigenvalue weighted by Crippen LogP contribution is -2.37. The van der Waals surface area contributed by atoms with E-state index < -0.39 is 24.4 Å². The molecule has 0 fully saturated rings. The molecule has 9 heteroatoms. The van der Waals surface area contributed by atoms with Crippen LogP contribution in [0.15, 0.2) is 46.9 Å². The van der Waals surface area contributed by atoms with Crippen molar-refractivity contribution in [3.8, 4) is 11.4 Å². The Morgan fingerprint density at radius 1 is 1.15 bits per heavy atom. The van der Waals surface area contributed by atoms with Crippen molar-refractivity contribution in [1.29, 1.82) is 0 Å². The van der Waals surface area contributed by atoms with Crippen LogP contribution in [0.2, 0.25) is 0 Å². The zero-order valence-electron chi connectivity index (χ0n) is 19.0. The standard InChI is InChI=1S/C24H29BrF3N5/c1-24(2,3)21(30-10-9-18(29)13-26)23-31-22(19-12-17(27)7-8-20(19)28)32-33(23)14-15-5-4-6-16(25)11-15/h4-8,11-12,18,21,30H,9-10,13-14,29H2,1-3H3/t18-,21-/m0/s1. The highest BCUT2D eigenvalue weighted by atomic mass is 79.9. The van der Waals surface area contributed by atoms with Crippen LogP contribution in [-0.2, 0) is 6.54 Å². The van der Waals surface area contributed by atoms with Gasteiger partial charge in [0.1, 0.15) is 24.1 Å². The van der Waals surface area contributed by atoms with Gasteiger partial charge in [-0.1, -0.05) is 48.8 Å². The molecule has 1 heterocycles. The monoisotopic (exact) mass is 523 g/mol. The molecule has 0 amide bonds. The average molecular weight is 524 g/mol. The third-order valence-corrected chi connectivity index (χ3v) is 5.77. The van der Waals surface area contributed by atoms with Crippen LogP contribution in [0.3, 0.4) is 0 Å². The molecule has 2 aromatic carbocycles. The smallest absolute Gasteiger partial charge is 0.184 e. The number of hydrogen-bond acceptors (Lipinski definition) is 4. The van der Waals surface area contributed by atoms with Crippen LogP contribution in [0.4, 0.5) is 13.2 Å². The van der Waals surface area contributed by atoms with E-state index in [9.17, 15) is 13.2 Å². The lowest BCUT2D eigenvalue weighted by atomic mass is 9.86. The van der Waals surface area contributed by atoms with E-state index in [2.05, 4.69) is 31.3 Å². The van der Waals surface area contributed by atoms with E-state index in [1.807, 2.05) is 45.0 Å². The van der Waals surface area contributed by atoms with Crippen LogP contribution in [-0.4, -0.2) is 34.0 Å². The Morgan fingerprint density at radius 3 is 2.58 bits per heavy atom. The van der Waals surface area contributed by atoms with E-state index in [4.69, 9.17) is 5.73 Å². The molecule has 0 radical (unpaired) electrons. The number of alkyl halides is 1. The summed E-state index contributed by atoms with van der Waals surface area (Å²) in [7, 11) is 0. The molecular weight excluding hydrogens is 495 g/mol. The number of nitrogens with zero attached hydrogens (tertiary/aromatic N) is 3. The Hall–Kier alpha value is -2.23. The summed E-state index contributed by atoms with van der Waals surface area (Å²) in [6, 6.07) is 10.1. The maximum absolute atomic E-state index is 14.5. The van der Waals surface area contributed by atoms with Crippen LogP contribution < -0.4 is 11.1 Å². The fraction of sp³-hybridized carbons (Fsp3) is 0.417. The van der Waals surface area contributed by atoms with Gasteiger partial charge in [0.25, 0.3) is 0 Å². The quantitative estimate of drug-likeness (QED) is 0.394. The van der Waals surface area contributed by atoms with Gasteiger partial charge in [-0.15, -0.1) is 0 Å². The Morgan fingerprint density at radius 2 is 1.91 bits per heavy atom. The van der Waals surface area contributed by atoms with Gasteiger partial charge in [0.05, 0.1) is 18.2 Å². The molecule has 2 atom stereocenters. The lowest BCUT2D eigenvalue weighted by Gasteiger charge is -2.31. The second kappa shape index (κ2) is 10.8. The number of rotatable bonds is 9. The summed E-state index contributed by atoms with van der Waals surface area (Å²) >= 11 is 3.48. The highest BCUT2D eigenvalue weighted by molar-refractivity contribution is 9.10. The highest BCUT2D eigenvalue weighted by Crippen LogP contribution is 2.34. The van der Waals surface area contributed by atoms with Crippen molar-refractivity contribution in [2.75, 3.05) is 13.2 Å². The van der Waals surface area contributed by atoms with Gasteiger partial charge in [-0.05, 0) is 54.3 Å². The van der Waals surface area contributed by atoms with Crippen LogP contribution in [0.5, 0.6) is 0 Å². The van der Waals surface area contributed by atoms with E-state index >= 15 is 0 Å². The average Bonchev–Trinajstić information content (AvgIpc) is 3.14. The minimum absolute atomic E-state index is 0.00338. The Bertz CT molecular complexity index is 1080. The summed E-state index contributed by atoms with van der Waals surface area (Å²) in [5, 5.41) is 7.98. The Balaban J connectivity index is 2.05. The first kappa shape index (κ1) is 25.4. The molecule has 0 unspecified atom stereocenters. The molecule has 33 heavy (non-hydrogen) atoms. The highest BCUT2D eigenvalue weighted by Gasteiger charge is 2.31. The first-order valence-electron chi connectivity index (χ1n) is 10.8. The largest absolute Gasteiger partial charge is 0.325 e. The van der Waals surface area contributed by atoms with Gasteiger partial charge >= 0.3 is 0 Å². The zero-order valence-corrected chi connectivity index (χ0v) is 20.5. The summed E-state index contributed by atoms with van der Waals surface area (Å²) in [5.41, 5.74) is 6.39. The molecule has 3 rings (SSSR count). The number of aromatic nitrogens is 3. The predicted molar refractivity (Wildman–Crippen MR) is 127 cm³/mol. The Kier molecular flexibility index (Phi) is 8.31. The maximum Gasteiger partial charge on any atom is 0.184 e. The number of nitrogens with two attached hydrogens (primary N) is 1. The molecule has 0 bridgehead atoms. The van der Waals surface area contributed by atoms with E-state index in [0.29, 0.717) is 25.3 Å². The van der Waals surface area contributed by atoms with Crippen LogP contribution in [0, 0.1) is 17.0 Å². The fourth-order valence-electron chi connectivity index (χ4n) is 3.55. The van der Waals surface area contributed by atoms with Crippen LogP contribution >= 0.6 is 15.9 Å². The summed E-state index contributed by atoms with van der Waals surface area (Å²) in [4.78, 5) is 4.65. The van der Waals surface area contributed by atoms with Crippen molar-refractivity contribution in [2.24, 2.45) is 11.1 Å². The maximum atomic E-state index is 14.5. The minimum atomic E-state index is -0.600. The van der Waals surface area contributed by atoms with Gasteiger partial charge in [0.15, 0.2) is 5.82 Å². The van der Waals surface area contributed by atoms with E-state index in [1.54, 1.807) is 4.68 Å². The molecular formula is C24H29BrF3N5. The predicted octanol–water partition coefficient (Wildman–Crippen LogP) is 5.40. The molecule has 0 spiro atoms. The van der Waals surface area contributed by atoms with E-state index in [1.165, 1.54) is 0 Å². The lowest BCUT2D eigenvalue weighted by molar-refractivity contribution is 0.250. The first-order valence-corrected chi connectivity index (χ1v) is 11.6. The molecule has 3 N–H and O–H groups in total. The molecule has 5 nitrogen and oxygen atoms in total. The third kappa shape index (κ3) is 6.65. The van der Waals surface area contributed by atoms with Crippen molar-refractivity contribution >= 4 is 15.9 Å². The Labute approximate surface area is 200 Å². The van der Waals surface area contributed by atoms with E-state index in [-0.39, 0.29) is 22.8 Å². The van der Waals surface area contributed by atoms with Crippen molar-refractivity contribution in [3.63, 3.8) is 0 Å². The molecule has 1 aromatic heterocycles. The van der Waals surface area contributed by atoms with Gasteiger partial charge < -0.3 is 11.1 Å². The second-order valence-electron chi connectivity index (χ2n) is 9.16. The summed E-state index contributed by atoms with van der Waals surface area (Å²) in [5.74, 6) is -0.484. The number of nitrogens with one attached hydrogen (secondary N) is 1. The van der Waals surface area contributed by atoms with Crippen LogP contribution in [0.1, 0.15) is 44.6 Å². The normalized spacial score (nSPS) is 13.8. The van der Waals surface area contributed by atoms with Gasteiger partial charge in [-0.25, -0.2) is 22.8 Å². The topological polar surface area (TPSA) is 68.8 Å². The molecule has 0 aliphatic carbocycles. The third-order valence-electron chi connectivity index (χ3n) is 5.28. The van der Waals surface area contributed by atoms with Crippen molar-refractivity contribution < 1.29 is 13.2 Å². The van der Waals surface area contributed by atoms with Gasteiger partial charge in [-0.2, -0.15) is 5.10 Å². The molecule has 3 aromatic rings. The zero-order chi connectivity index (χ0) is 24.2. The number of benzene rings is 2. The second-order valence-corrected chi connectivity index (χ2v) is 10.1. The first-order chi connectivity index (χ1) is 15.6. The van der Waals surface area contributed by atoms with E-state index in [0.717, 1.165) is 28.2 Å². The molecule has 0 saturated carbocycles. The summed E-state index contributed by atoms with van der Waals surface area (Å²) in [6.07, 6.45) is 0.453.